The fraction of sp³-hybridized carbons (Fsp3) is 0.571. The minimum Gasteiger partial charge on any atom is -0.454 e. The molecule has 106 valence electrons. The fourth-order valence-electron chi connectivity index (χ4n) is 2.07. The van der Waals surface area contributed by atoms with Crippen molar-refractivity contribution in [2.75, 3.05) is 19.9 Å². The van der Waals surface area contributed by atoms with E-state index in [0.29, 0.717) is 6.79 Å². The normalized spacial score (nSPS) is 13.9. The van der Waals surface area contributed by atoms with Crippen LogP contribution >= 0.6 is 15.9 Å². The lowest BCUT2D eigenvalue weighted by Gasteiger charge is -2.25. The van der Waals surface area contributed by atoms with Gasteiger partial charge in [-0.05, 0) is 54.4 Å². The second kappa shape index (κ2) is 6.11. The van der Waals surface area contributed by atoms with E-state index in [2.05, 4.69) is 35.1 Å². The summed E-state index contributed by atoms with van der Waals surface area (Å²) in [5.41, 5.74) is 1.01. The highest BCUT2D eigenvalue weighted by Gasteiger charge is 2.19. The molecule has 1 aliphatic heterocycles. The van der Waals surface area contributed by atoms with Crippen molar-refractivity contribution in [1.82, 2.24) is 5.32 Å². The Balaban J connectivity index is 1.92. The lowest BCUT2D eigenvalue weighted by Crippen LogP contribution is -2.37. The van der Waals surface area contributed by atoms with E-state index in [0.717, 1.165) is 41.2 Å². The highest BCUT2D eigenvalue weighted by Crippen LogP contribution is 2.39. The number of halogens is 1. The predicted octanol–water partition coefficient (Wildman–Crippen LogP) is 3.08. The molecule has 19 heavy (non-hydrogen) atoms. The van der Waals surface area contributed by atoms with E-state index in [-0.39, 0.29) is 5.60 Å². The zero-order valence-corrected chi connectivity index (χ0v) is 13.2. The zero-order chi connectivity index (χ0) is 13.9. The summed E-state index contributed by atoms with van der Waals surface area (Å²) < 4.78 is 17.3. The van der Waals surface area contributed by atoms with Crippen LogP contribution in [0.25, 0.3) is 0 Å². The number of rotatable bonds is 6. The molecule has 0 aliphatic carbocycles. The molecule has 1 aliphatic rings. The van der Waals surface area contributed by atoms with Crippen LogP contribution in [0.1, 0.15) is 26.3 Å². The topological polar surface area (TPSA) is 39.7 Å². The third-order valence-corrected chi connectivity index (χ3v) is 3.49. The van der Waals surface area contributed by atoms with Crippen LogP contribution in [0.4, 0.5) is 0 Å². The van der Waals surface area contributed by atoms with Gasteiger partial charge in [-0.1, -0.05) is 0 Å². The van der Waals surface area contributed by atoms with Gasteiger partial charge in [-0.3, -0.25) is 0 Å². The Bertz CT molecular complexity index is 449. The quantitative estimate of drug-likeness (QED) is 0.870. The molecule has 0 saturated carbocycles. The maximum absolute atomic E-state index is 5.65. The van der Waals surface area contributed by atoms with Crippen LogP contribution in [0.2, 0.25) is 0 Å². The van der Waals surface area contributed by atoms with E-state index in [1.54, 1.807) is 0 Å². The molecule has 5 heteroatoms. The second-order valence-corrected chi connectivity index (χ2v) is 5.96. The number of hydrogen-bond acceptors (Lipinski definition) is 4. The first-order chi connectivity index (χ1) is 9.02. The molecule has 0 amide bonds. The Morgan fingerprint density at radius 3 is 2.89 bits per heavy atom. The first-order valence-electron chi connectivity index (χ1n) is 6.44. The lowest BCUT2D eigenvalue weighted by molar-refractivity contribution is -0.00897. The van der Waals surface area contributed by atoms with Crippen LogP contribution < -0.4 is 14.8 Å². The second-order valence-electron chi connectivity index (χ2n) is 5.11. The van der Waals surface area contributed by atoms with E-state index >= 15 is 0 Å². The summed E-state index contributed by atoms with van der Waals surface area (Å²) in [5, 5.41) is 3.40. The number of hydrogen-bond donors (Lipinski definition) is 1. The molecular formula is C14H20BrNO3. The molecule has 0 fully saturated rings. The van der Waals surface area contributed by atoms with Crippen molar-refractivity contribution in [3.63, 3.8) is 0 Å². The summed E-state index contributed by atoms with van der Waals surface area (Å²) in [6.45, 7) is 8.76. The molecule has 1 heterocycles. The standard InChI is InChI=1S/C14H20BrNO3/c1-4-19-14(2,3)8-16-7-10-5-11(15)13-12(6-10)17-9-18-13/h5-6,16H,4,7-9H2,1-3H3. The molecule has 1 N–H and O–H groups in total. The molecule has 0 radical (unpaired) electrons. The van der Waals surface area contributed by atoms with Gasteiger partial charge in [0.25, 0.3) is 0 Å². The highest BCUT2D eigenvalue weighted by atomic mass is 79.9. The van der Waals surface area contributed by atoms with Gasteiger partial charge in [-0.25, -0.2) is 0 Å². The summed E-state index contributed by atoms with van der Waals surface area (Å²) in [4.78, 5) is 0. The minimum atomic E-state index is -0.150. The molecule has 0 aromatic heterocycles. The molecule has 4 nitrogen and oxygen atoms in total. The average Bonchev–Trinajstić information content (AvgIpc) is 2.77. The summed E-state index contributed by atoms with van der Waals surface area (Å²) in [7, 11) is 0. The van der Waals surface area contributed by atoms with Gasteiger partial charge in [-0.2, -0.15) is 0 Å². The molecule has 0 atom stereocenters. The molecule has 0 saturated heterocycles. The first kappa shape index (κ1) is 14.6. The number of benzene rings is 1. The summed E-state index contributed by atoms with van der Waals surface area (Å²) in [6, 6.07) is 4.06. The van der Waals surface area contributed by atoms with Crippen molar-refractivity contribution < 1.29 is 14.2 Å². The number of ether oxygens (including phenoxy) is 3. The minimum absolute atomic E-state index is 0.150. The number of fused-ring (bicyclic) bond motifs is 1. The van der Waals surface area contributed by atoms with Crippen LogP contribution in [0, 0.1) is 0 Å². The van der Waals surface area contributed by atoms with Gasteiger partial charge in [-0.15, -0.1) is 0 Å². The lowest BCUT2D eigenvalue weighted by atomic mass is 10.1. The highest BCUT2D eigenvalue weighted by molar-refractivity contribution is 9.10. The smallest absolute Gasteiger partial charge is 0.231 e. The van der Waals surface area contributed by atoms with Crippen molar-refractivity contribution in [2.45, 2.75) is 32.9 Å². The maximum Gasteiger partial charge on any atom is 0.231 e. The van der Waals surface area contributed by atoms with Crippen molar-refractivity contribution in [3.05, 3.63) is 22.2 Å². The van der Waals surface area contributed by atoms with E-state index in [4.69, 9.17) is 14.2 Å². The molecule has 0 spiro atoms. The van der Waals surface area contributed by atoms with Crippen LogP contribution in [0.15, 0.2) is 16.6 Å². The van der Waals surface area contributed by atoms with Gasteiger partial charge in [0, 0.05) is 19.7 Å². The summed E-state index contributed by atoms with van der Waals surface area (Å²) in [6.07, 6.45) is 0. The molecule has 1 aromatic rings. The van der Waals surface area contributed by atoms with Gasteiger partial charge in [0.05, 0.1) is 10.1 Å². The van der Waals surface area contributed by atoms with E-state index in [9.17, 15) is 0 Å². The van der Waals surface area contributed by atoms with Gasteiger partial charge in [0.2, 0.25) is 6.79 Å². The molecule has 2 rings (SSSR count). The third kappa shape index (κ3) is 3.84. The van der Waals surface area contributed by atoms with E-state index < -0.39 is 0 Å². The van der Waals surface area contributed by atoms with Crippen LogP contribution in [-0.2, 0) is 11.3 Å². The maximum atomic E-state index is 5.65. The molecule has 0 bridgehead atoms. The summed E-state index contributed by atoms with van der Waals surface area (Å²) >= 11 is 3.50. The van der Waals surface area contributed by atoms with E-state index in [1.165, 1.54) is 0 Å². The summed E-state index contributed by atoms with van der Waals surface area (Å²) in [5.74, 6) is 1.59. The van der Waals surface area contributed by atoms with Crippen LogP contribution in [-0.4, -0.2) is 25.5 Å². The van der Waals surface area contributed by atoms with Gasteiger partial charge >= 0.3 is 0 Å². The van der Waals surface area contributed by atoms with Crippen LogP contribution in [0.3, 0.4) is 0 Å². The Morgan fingerprint density at radius 1 is 1.37 bits per heavy atom. The van der Waals surface area contributed by atoms with Crippen molar-refractivity contribution in [1.29, 1.82) is 0 Å². The van der Waals surface area contributed by atoms with Crippen molar-refractivity contribution in [2.24, 2.45) is 0 Å². The SMILES string of the molecule is CCOC(C)(C)CNCc1cc(Br)c2c(c1)OCO2. The van der Waals surface area contributed by atoms with E-state index in [1.807, 2.05) is 19.1 Å². The Morgan fingerprint density at radius 2 is 2.16 bits per heavy atom. The average molecular weight is 330 g/mol. The van der Waals surface area contributed by atoms with Gasteiger partial charge in [0.1, 0.15) is 0 Å². The molecular weight excluding hydrogens is 310 g/mol. The Hall–Kier alpha value is -0.780. The monoisotopic (exact) mass is 329 g/mol. The predicted molar refractivity (Wildman–Crippen MR) is 77.7 cm³/mol. The Kier molecular flexibility index (Phi) is 4.71. The zero-order valence-electron chi connectivity index (χ0n) is 11.6. The number of nitrogens with one attached hydrogen (secondary N) is 1. The van der Waals surface area contributed by atoms with Gasteiger partial charge < -0.3 is 19.5 Å². The third-order valence-electron chi connectivity index (χ3n) is 2.90. The van der Waals surface area contributed by atoms with Crippen LogP contribution in [0.5, 0.6) is 11.5 Å². The first-order valence-corrected chi connectivity index (χ1v) is 7.24. The van der Waals surface area contributed by atoms with Gasteiger partial charge in [0.15, 0.2) is 11.5 Å². The Labute approximate surface area is 122 Å². The molecule has 1 aromatic carbocycles. The fourth-order valence-corrected chi connectivity index (χ4v) is 2.68. The van der Waals surface area contributed by atoms with Crippen molar-refractivity contribution >= 4 is 15.9 Å². The van der Waals surface area contributed by atoms with Crippen molar-refractivity contribution in [3.8, 4) is 11.5 Å². The largest absolute Gasteiger partial charge is 0.454 e. The molecule has 0 unspecified atom stereocenters.